The maximum absolute atomic E-state index is 11.3. The number of nitrogens with two attached hydrogens (primary N) is 1. The fraction of sp³-hybridized carbons (Fsp3) is 0.222. The highest BCUT2D eigenvalue weighted by molar-refractivity contribution is 5.92. The number of hydrogen-bond donors (Lipinski definition) is 1. The first-order valence-corrected chi connectivity index (χ1v) is 4.26. The molecule has 0 aromatic heterocycles. The monoisotopic (exact) mass is 208 g/mol. The number of hydrogen-bond acceptors (Lipinski definition) is 3. The van der Waals surface area contributed by atoms with Crippen molar-refractivity contribution in [3.8, 4) is 0 Å². The maximum Gasteiger partial charge on any atom is 0.248 e. The second kappa shape index (κ2) is 4.41. The molecule has 0 spiro atoms. The quantitative estimate of drug-likeness (QED) is 0.454. The molecule has 1 rings (SSSR count). The minimum Gasteiger partial charge on any atom is -0.691 e. The smallest absolute Gasteiger partial charge is 0.248 e. The van der Waals surface area contributed by atoms with E-state index in [4.69, 9.17) is 5.73 Å². The Balaban J connectivity index is 2.94. The van der Waals surface area contributed by atoms with E-state index in [-0.39, 0.29) is 0 Å². The van der Waals surface area contributed by atoms with E-state index in [1.165, 1.54) is 29.3 Å². The van der Waals surface area contributed by atoms with Gasteiger partial charge < -0.3 is 10.9 Å². The van der Waals surface area contributed by atoms with Crippen molar-refractivity contribution >= 4 is 11.6 Å². The Hall–Kier alpha value is -2.11. The molecule has 1 amide bonds. The van der Waals surface area contributed by atoms with Crippen molar-refractivity contribution in [2.45, 2.75) is 0 Å². The summed E-state index contributed by atoms with van der Waals surface area (Å²) in [6, 6.07) is 5.93. The molecular weight excluding hydrogens is 196 g/mol. The molecule has 0 saturated carbocycles. The largest absolute Gasteiger partial charge is 0.691 e. The summed E-state index contributed by atoms with van der Waals surface area (Å²) < 4.78 is 0. The summed E-state index contributed by atoms with van der Waals surface area (Å²) in [5.41, 5.74) is 5.76. The lowest BCUT2D eigenvalue weighted by atomic mass is 10.2. The number of rotatable bonds is 3. The minimum atomic E-state index is -0.524. The molecule has 0 radical (unpaired) electrons. The first kappa shape index (κ1) is 11.0. The van der Waals surface area contributed by atoms with Crippen molar-refractivity contribution in [3.05, 3.63) is 35.0 Å². The molecule has 0 saturated heterocycles. The molecule has 80 valence electrons. The number of carbonyl (C=O) groups is 1. The van der Waals surface area contributed by atoms with E-state index >= 15 is 0 Å². The highest BCUT2D eigenvalue weighted by Gasteiger charge is 2.02. The first-order chi connectivity index (χ1) is 7.00. The summed E-state index contributed by atoms with van der Waals surface area (Å²) in [5, 5.41) is 16.3. The lowest BCUT2D eigenvalue weighted by Gasteiger charge is -2.07. The van der Waals surface area contributed by atoms with E-state index in [9.17, 15) is 10.0 Å². The summed E-state index contributed by atoms with van der Waals surface area (Å²) in [4.78, 5) is 11.2. The predicted octanol–water partition coefficient (Wildman–Crippen LogP) is 0.856. The van der Waals surface area contributed by atoms with Crippen LogP contribution in [0.2, 0.25) is 0 Å². The summed E-state index contributed by atoms with van der Waals surface area (Å²) in [5.74, 6) is -0.524. The molecule has 0 bridgehead atoms. The molecule has 2 N–H and O–H groups in total. The van der Waals surface area contributed by atoms with Crippen LogP contribution in [0.5, 0.6) is 0 Å². The van der Waals surface area contributed by atoms with Gasteiger partial charge in [0.15, 0.2) is 5.69 Å². The normalized spacial score (nSPS) is 11.2. The van der Waals surface area contributed by atoms with E-state index in [1.807, 2.05) is 0 Å². The number of benzene rings is 1. The first-order valence-electron chi connectivity index (χ1n) is 4.26. The van der Waals surface area contributed by atoms with E-state index in [1.54, 1.807) is 14.1 Å². The van der Waals surface area contributed by atoms with Gasteiger partial charge in [-0.05, 0) is 24.3 Å². The van der Waals surface area contributed by atoms with Crippen molar-refractivity contribution < 1.29 is 9.66 Å². The van der Waals surface area contributed by atoms with Crippen LogP contribution in [0.1, 0.15) is 10.4 Å². The molecule has 0 heterocycles. The number of carbonyl (C=O) groups excluding carboxylic acids is 1. The van der Waals surface area contributed by atoms with Crippen molar-refractivity contribution in [3.63, 3.8) is 0 Å². The molecule has 6 nitrogen and oxygen atoms in total. The molecular formula is C9H12N4O2. The van der Waals surface area contributed by atoms with Crippen LogP contribution < -0.4 is 5.73 Å². The SMILES string of the molecule is CN(C)/N=[N+](\[O-])c1ccc(C(N)=O)cc1. The fourth-order valence-corrected chi connectivity index (χ4v) is 0.967. The van der Waals surface area contributed by atoms with E-state index in [0.717, 1.165) is 0 Å². The summed E-state index contributed by atoms with van der Waals surface area (Å²) in [6.07, 6.45) is 0. The van der Waals surface area contributed by atoms with E-state index in [0.29, 0.717) is 16.1 Å². The second-order valence-electron chi connectivity index (χ2n) is 3.12. The molecule has 0 aliphatic heterocycles. The Morgan fingerprint density at radius 3 is 2.33 bits per heavy atom. The van der Waals surface area contributed by atoms with Crippen LogP contribution in [0, 0.1) is 5.21 Å². The zero-order chi connectivity index (χ0) is 11.4. The molecule has 6 heteroatoms. The van der Waals surface area contributed by atoms with Gasteiger partial charge in [-0.1, -0.05) is 0 Å². The third kappa shape index (κ3) is 2.94. The van der Waals surface area contributed by atoms with Crippen LogP contribution in [-0.2, 0) is 0 Å². The van der Waals surface area contributed by atoms with Crippen LogP contribution in [0.25, 0.3) is 0 Å². The lowest BCUT2D eigenvalue weighted by Crippen LogP contribution is -2.11. The van der Waals surface area contributed by atoms with Crippen molar-refractivity contribution in [2.75, 3.05) is 14.1 Å². The second-order valence-corrected chi connectivity index (χ2v) is 3.12. The van der Waals surface area contributed by atoms with Gasteiger partial charge >= 0.3 is 0 Å². The van der Waals surface area contributed by atoms with Gasteiger partial charge in [0.2, 0.25) is 5.91 Å². The van der Waals surface area contributed by atoms with Crippen molar-refractivity contribution in [1.29, 1.82) is 0 Å². The predicted molar refractivity (Wildman–Crippen MR) is 54.4 cm³/mol. The Labute approximate surface area is 87.2 Å². The molecule has 1 aromatic rings. The topological polar surface area (TPSA) is 84.8 Å². The Morgan fingerprint density at radius 1 is 1.40 bits per heavy atom. The van der Waals surface area contributed by atoms with Crippen molar-refractivity contribution in [1.82, 2.24) is 5.01 Å². The van der Waals surface area contributed by atoms with Crippen LogP contribution in [0.4, 0.5) is 5.69 Å². The minimum absolute atomic E-state index is 0.341. The molecule has 1 aromatic carbocycles. The molecule has 0 atom stereocenters. The number of primary amides is 1. The highest BCUT2D eigenvalue weighted by Crippen LogP contribution is 2.12. The Bertz CT molecular complexity index is 384. The van der Waals surface area contributed by atoms with Gasteiger partial charge in [0.25, 0.3) is 0 Å². The highest BCUT2D eigenvalue weighted by atomic mass is 16.5. The van der Waals surface area contributed by atoms with Gasteiger partial charge in [-0.3, -0.25) is 4.79 Å². The number of nitrogens with zero attached hydrogens (tertiary/aromatic N) is 3. The van der Waals surface area contributed by atoms with Crippen molar-refractivity contribution in [2.24, 2.45) is 11.0 Å². The molecule has 0 unspecified atom stereocenters. The van der Waals surface area contributed by atoms with Gasteiger partial charge in [-0.2, -0.15) is 5.01 Å². The van der Waals surface area contributed by atoms with E-state index in [2.05, 4.69) is 5.22 Å². The zero-order valence-corrected chi connectivity index (χ0v) is 8.54. The molecule has 0 aliphatic rings. The molecule has 0 fully saturated rings. The Kier molecular flexibility index (Phi) is 3.22. The summed E-state index contributed by atoms with van der Waals surface area (Å²) in [6.45, 7) is 0. The summed E-state index contributed by atoms with van der Waals surface area (Å²) in [7, 11) is 3.28. The average molecular weight is 208 g/mol. The van der Waals surface area contributed by atoms with Crippen LogP contribution >= 0.6 is 0 Å². The maximum atomic E-state index is 11.3. The van der Waals surface area contributed by atoms with Crippen LogP contribution in [0.3, 0.4) is 0 Å². The van der Waals surface area contributed by atoms with Crippen LogP contribution in [-0.4, -0.2) is 29.9 Å². The van der Waals surface area contributed by atoms with Gasteiger partial charge in [0.05, 0.1) is 19.3 Å². The number of amides is 1. The third-order valence-electron chi connectivity index (χ3n) is 1.63. The zero-order valence-electron chi connectivity index (χ0n) is 8.54. The van der Waals surface area contributed by atoms with Gasteiger partial charge in [-0.15, -0.1) is 4.86 Å². The lowest BCUT2D eigenvalue weighted by molar-refractivity contribution is -0.459. The summed E-state index contributed by atoms with van der Waals surface area (Å²) >= 11 is 0. The molecule has 15 heavy (non-hydrogen) atoms. The Morgan fingerprint density at radius 2 is 1.93 bits per heavy atom. The third-order valence-corrected chi connectivity index (χ3v) is 1.63. The van der Waals surface area contributed by atoms with Gasteiger partial charge in [0.1, 0.15) is 0 Å². The fourth-order valence-electron chi connectivity index (χ4n) is 0.967. The van der Waals surface area contributed by atoms with E-state index < -0.39 is 5.91 Å². The van der Waals surface area contributed by atoms with Crippen LogP contribution in [0.15, 0.2) is 29.5 Å². The standard InChI is InChI=1S/C9H12N4O2/c1-12(2)11-13(15)8-5-3-7(4-6-8)9(10)14/h3-6H,1-2H3,(H2,10,14)/b13-11-. The molecule has 0 aliphatic carbocycles. The average Bonchev–Trinajstić information content (AvgIpc) is 2.17. The van der Waals surface area contributed by atoms with Gasteiger partial charge in [-0.25, -0.2) is 0 Å². The van der Waals surface area contributed by atoms with Gasteiger partial charge in [0, 0.05) is 5.56 Å².